The van der Waals surface area contributed by atoms with Crippen LogP contribution in [0.2, 0.25) is 0 Å². The number of carbonyl (C=O) groups excluding carboxylic acids is 1. The number of aryl methyl sites for hydroxylation is 1. The van der Waals surface area contributed by atoms with Crippen LogP contribution in [-0.2, 0) is 21.2 Å². The minimum atomic E-state index is -3.30. The van der Waals surface area contributed by atoms with E-state index in [-0.39, 0.29) is 17.8 Å². The molecule has 1 saturated heterocycles. The Morgan fingerprint density at radius 2 is 2.14 bits per heavy atom. The summed E-state index contributed by atoms with van der Waals surface area (Å²) < 4.78 is 26.4. The molecule has 1 aliphatic heterocycles. The predicted octanol–water partition coefficient (Wildman–Crippen LogP) is 1.14. The van der Waals surface area contributed by atoms with Crippen LogP contribution in [0.3, 0.4) is 0 Å². The predicted molar refractivity (Wildman–Crippen MR) is 79.0 cm³/mol. The standard InChI is InChI=1S/C14H19N3O3S/c1-12-10-14(16-11-18)4-8-17(12)21(19,20)9-5-13-2-6-15-7-3-13/h2-3,6-7,12,14H,4-5,8-10H2,1H3. The molecule has 6 nitrogen and oxygen atoms in total. The Bertz CT molecular complexity index is 612. The van der Waals surface area contributed by atoms with E-state index < -0.39 is 10.0 Å². The van der Waals surface area contributed by atoms with Gasteiger partial charge in [0.05, 0.1) is 11.8 Å². The number of sulfonamides is 1. The van der Waals surface area contributed by atoms with Crippen molar-refractivity contribution in [2.24, 2.45) is 4.99 Å². The second-order valence-electron chi connectivity index (χ2n) is 5.28. The normalized spacial score (nSPS) is 23.5. The summed E-state index contributed by atoms with van der Waals surface area (Å²) in [7, 11) is -3.30. The van der Waals surface area contributed by atoms with Gasteiger partial charge in [-0.2, -0.15) is 4.31 Å². The van der Waals surface area contributed by atoms with Gasteiger partial charge in [0.2, 0.25) is 16.1 Å². The third-order valence-electron chi connectivity index (χ3n) is 3.78. The summed E-state index contributed by atoms with van der Waals surface area (Å²) in [6, 6.07) is 3.40. The number of nitrogens with zero attached hydrogens (tertiary/aromatic N) is 3. The molecule has 7 heteroatoms. The summed E-state index contributed by atoms with van der Waals surface area (Å²) in [5, 5.41) is 0. The Balaban J connectivity index is 1.98. The lowest BCUT2D eigenvalue weighted by Gasteiger charge is -2.34. The second-order valence-corrected chi connectivity index (χ2v) is 7.32. The third kappa shape index (κ3) is 4.20. The van der Waals surface area contributed by atoms with Gasteiger partial charge in [-0.3, -0.25) is 4.98 Å². The Morgan fingerprint density at radius 1 is 1.43 bits per heavy atom. The van der Waals surface area contributed by atoms with Crippen molar-refractivity contribution in [1.82, 2.24) is 9.29 Å². The molecule has 0 saturated carbocycles. The second kappa shape index (κ2) is 6.93. The van der Waals surface area contributed by atoms with Crippen LogP contribution < -0.4 is 0 Å². The van der Waals surface area contributed by atoms with Gasteiger partial charge in [0.1, 0.15) is 0 Å². The van der Waals surface area contributed by atoms with Crippen LogP contribution in [-0.4, -0.2) is 48.2 Å². The molecule has 1 aliphatic rings. The number of hydrogen-bond donors (Lipinski definition) is 0. The van der Waals surface area contributed by atoms with E-state index in [1.165, 1.54) is 4.31 Å². The summed E-state index contributed by atoms with van der Waals surface area (Å²) in [5.41, 5.74) is 0.960. The van der Waals surface area contributed by atoms with E-state index in [0.717, 1.165) is 5.56 Å². The average Bonchev–Trinajstić information content (AvgIpc) is 2.46. The number of isocyanates is 1. The summed E-state index contributed by atoms with van der Waals surface area (Å²) >= 11 is 0. The monoisotopic (exact) mass is 309 g/mol. The minimum absolute atomic E-state index is 0.0863. The van der Waals surface area contributed by atoms with Crippen molar-refractivity contribution in [3.8, 4) is 0 Å². The van der Waals surface area contributed by atoms with Crippen LogP contribution in [0.4, 0.5) is 0 Å². The van der Waals surface area contributed by atoms with Gasteiger partial charge >= 0.3 is 0 Å². The van der Waals surface area contributed by atoms with Gasteiger partial charge in [-0.1, -0.05) is 0 Å². The van der Waals surface area contributed by atoms with Gasteiger partial charge in [-0.15, -0.1) is 0 Å². The molecule has 0 bridgehead atoms. The van der Waals surface area contributed by atoms with Crippen molar-refractivity contribution in [1.29, 1.82) is 0 Å². The topological polar surface area (TPSA) is 79.7 Å². The number of aromatic nitrogens is 1. The van der Waals surface area contributed by atoms with Crippen LogP contribution >= 0.6 is 0 Å². The van der Waals surface area contributed by atoms with Crippen molar-refractivity contribution < 1.29 is 13.2 Å². The maximum atomic E-state index is 12.4. The molecule has 0 amide bonds. The van der Waals surface area contributed by atoms with Crippen molar-refractivity contribution in [2.45, 2.75) is 38.3 Å². The van der Waals surface area contributed by atoms with Crippen LogP contribution in [0.1, 0.15) is 25.3 Å². The molecule has 1 aromatic heterocycles. The van der Waals surface area contributed by atoms with Crippen LogP contribution in [0.25, 0.3) is 0 Å². The van der Waals surface area contributed by atoms with E-state index in [4.69, 9.17) is 0 Å². The zero-order valence-corrected chi connectivity index (χ0v) is 12.8. The van der Waals surface area contributed by atoms with Crippen molar-refractivity contribution >= 4 is 16.1 Å². The number of rotatable bonds is 5. The molecule has 0 radical (unpaired) electrons. The van der Waals surface area contributed by atoms with E-state index in [1.54, 1.807) is 18.5 Å². The summed E-state index contributed by atoms with van der Waals surface area (Å²) in [5.74, 6) is 0.0863. The molecule has 0 aliphatic carbocycles. The Morgan fingerprint density at radius 3 is 2.76 bits per heavy atom. The zero-order valence-electron chi connectivity index (χ0n) is 12.0. The molecular weight excluding hydrogens is 290 g/mol. The number of hydrogen-bond acceptors (Lipinski definition) is 5. The first kappa shape index (κ1) is 15.8. The largest absolute Gasteiger partial charge is 0.265 e. The zero-order chi connectivity index (χ0) is 15.3. The van der Waals surface area contributed by atoms with E-state index in [2.05, 4.69) is 9.98 Å². The molecule has 2 unspecified atom stereocenters. The maximum absolute atomic E-state index is 12.4. The first-order valence-electron chi connectivity index (χ1n) is 6.98. The molecule has 0 spiro atoms. The lowest BCUT2D eigenvalue weighted by atomic mass is 10.0. The van der Waals surface area contributed by atoms with Crippen LogP contribution in [0, 0.1) is 0 Å². The molecule has 2 atom stereocenters. The number of aliphatic imine (C=N–C) groups is 1. The highest BCUT2D eigenvalue weighted by atomic mass is 32.2. The van der Waals surface area contributed by atoms with Gasteiger partial charge in [-0.05, 0) is 43.9 Å². The highest BCUT2D eigenvalue weighted by molar-refractivity contribution is 7.89. The Labute approximate surface area is 125 Å². The maximum Gasteiger partial charge on any atom is 0.235 e. The van der Waals surface area contributed by atoms with Crippen molar-refractivity contribution in [3.63, 3.8) is 0 Å². The smallest absolute Gasteiger partial charge is 0.235 e. The summed E-state index contributed by atoms with van der Waals surface area (Å²) in [6.45, 7) is 2.27. The van der Waals surface area contributed by atoms with Crippen LogP contribution in [0.5, 0.6) is 0 Å². The summed E-state index contributed by atoms with van der Waals surface area (Å²) in [6.07, 6.45) is 6.51. The highest BCUT2D eigenvalue weighted by Crippen LogP contribution is 2.23. The Hall–Kier alpha value is -1.56. The Kier molecular flexibility index (Phi) is 5.22. The molecule has 2 rings (SSSR count). The lowest BCUT2D eigenvalue weighted by Crippen LogP contribution is -2.46. The third-order valence-corrected chi connectivity index (χ3v) is 5.76. The SMILES string of the molecule is CC1CC(N=C=O)CCN1S(=O)(=O)CCc1ccncc1. The van der Waals surface area contributed by atoms with Gasteiger partial charge in [0.25, 0.3) is 0 Å². The average molecular weight is 309 g/mol. The molecule has 0 aromatic carbocycles. The fourth-order valence-electron chi connectivity index (χ4n) is 2.64. The van der Waals surface area contributed by atoms with Gasteiger partial charge in [0, 0.05) is 25.0 Å². The lowest BCUT2D eigenvalue weighted by molar-refractivity contribution is 0.248. The number of pyridine rings is 1. The van der Waals surface area contributed by atoms with Gasteiger partial charge in [0.15, 0.2) is 0 Å². The van der Waals surface area contributed by atoms with E-state index in [9.17, 15) is 13.2 Å². The van der Waals surface area contributed by atoms with E-state index in [0.29, 0.717) is 25.8 Å². The minimum Gasteiger partial charge on any atom is -0.265 e. The highest BCUT2D eigenvalue weighted by Gasteiger charge is 2.33. The fraction of sp³-hybridized carbons (Fsp3) is 0.571. The first-order chi connectivity index (χ1) is 10.0. The molecular formula is C14H19N3O3S. The quantitative estimate of drug-likeness (QED) is 0.603. The van der Waals surface area contributed by atoms with Crippen LogP contribution in [0.15, 0.2) is 29.5 Å². The van der Waals surface area contributed by atoms with Gasteiger partial charge < -0.3 is 0 Å². The van der Waals surface area contributed by atoms with E-state index in [1.807, 2.05) is 19.1 Å². The summed E-state index contributed by atoms with van der Waals surface area (Å²) in [4.78, 5) is 17.9. The van der Waals surface area contributed by atoms with Crippen molar-refractivity contribution in [3.05, 3.63) is 30.1 Å². The molecule has 2 heterocycles. The fourth-order valence-corrected chi connectivity index (χ4v) is 4.39. The molecule has 0 N–H and O–H groups in total. The molecule has 114 valence electrons. The van der Waals surface area contributed by atoms with Gasteiger partial charge in [-0.25, -0.2) is 18.2 Å². The molecule has 21 heavy (non-hydrogen) atoms. The van der Waals surface area contributed by atoms with E-state index >= 15 is 0 Å². The molecule has 1 aromatic rings. The first-order valence-corrected chi connectivity index (χ1v) is 8.59. The molecule has 1 fully saturated rings. The van der Waals surface area contributed by atoms with Crippen molar-refractivity contribution in [2.75, 3.05) is 12.3 Å². The number of piperidine rings is 1.